The second-order valence-corrected chi connectivity index (χ2v) is 8.63. The molecule has 0 bridgehead atoms. The van der Waals surface area contributed by atoms with E-state index in [4.69, 9.17) is 9.84 Å². The Labute approximate surface area is 192 Å². The van der Waals surface area contributed by atoms with Crippen LogP contribution < -0.4 is 4.74 Å². The van der Waals surface area contributed by atoms with Crippen molar-refractivity contribution in [1.29, 1.82) is 0 Å². The molecule has 1 aromatic carbocycles. The lowest BCUT2D eigenvalue weighted by Crippen LogP contribution is -2.30. The number of fused-ring (bicyclic) bond motifs is 1. The summed E-state index contributed by atoms with van der Waals surface area (Å²) in [5.41, 5.74) is 5.01. The van der Waals surface area contributed by atoms with Gasteiger partial charge in [0.2, 0.25) is 5.91 Å². The monoisotopic (exact) mass is 444 g/mol. The molecule has 1 fully saturated rings. The van der Waals surface area contributed by atoms with Crippen molar-refractivity contribution in [3.8, 4) is 5.75 Å². The van der Waals surface area contributed by atoms with Gasteiger partial charge in [-0.25, -0.2) is 14.5 Å². The van der Waals surface area contributed by atoms with Gasteiger partial charge in [0.15, 0.2) is 5.65 Å². The molecule has 170 valence electrons. The van der Waals surface area contributed by atoms with Gasteiger partial charge < -0.3 is 14.2 Å². The van der Waals surface area contributed by atoms with Gasteiger partial charge in [-0.15, -0.1) is 0 Å². The van der Waals surface area contributed by atoms with Crippen LogP contribution in [0.15, 0.2) is 48.9 Å². The fourth-order valence-electron chi connectivity index (χ4n) is 4.65. The van der Waals surface area contributed by atoms with Crippen molar-refractivity contribution in [3.05, 3.63) is 77.3 Å². The summed E-state index contributed by atoms with van der Waals surface area (Å²) in [6.07, 6.45) is 6.94. The van der Waals surface area contributed by atoms with Crippen molar-refractivity contribution in [1.82, 2.24) is 29.0 Å². The van der Waals surface area contributed by atoms with E-state index in [0.29, 0.717) is 19.5 Å². The van der Waals surface area contributed by atoms with E-state index in [1.54, 1.807) is 7.11 Å². The quantitative estimate of drug-likeness (QED) is 0.457. The SMILES string of the molecule is COc1cccc(CC(=O)N2CC[C@@H](c3ccnc4c(Cn5ccnc5C)c(C)nn34)C2)c1. The largest absolute Gasteiger partial charge is 0.497 e. The van der Waals surface area contributed by atoms with Crippen LogP contribution in [0.1, 0.15) is 40.7 Å². The second-order valence-electron chi connectivity index (χ2n) is 8.63. The highest BCUT2D eigenvalue weighted by Crippen LogP contribution is 2.29. The van der Waals surface area contributed by atoms with Crippen molar-refractivity contribution >= 4 is 11.6 Å². The van der Waals surface area contributed by atoms with E-state index in [1.165, 1.54) is 0 Å². The van der Waals surface area contributed by atoms with Gasteiger partial charge in [0, 0.05) is 43.2 Å². The first-order valence-electron chi connectivity index (χ1n) is 11.2. The number of hydrogen-bond acceptors (Lipinski definition) is 5. The predicted molar refractivity (Wildman–Crippen MR) is 124 cm³/mol. The summed E-state index contributed by atoms with van der Waals surface area (Å²) >= 11 is 0. The number of hydrogen-bond donors (Lipinski definition) is 0. The molecule has 0 aliphatic carbocycles. The summed E-state index contributed by atoms with van der Waals surface area (Å²) in [5.74, 6) is 2.11. The lowest BCUT2D eigenvalue weighted by atomic mass is 10.0. The molecule has 5 rings (SSSR count). The van der Waals surface area contributed by atoms with Crippen LogP contribution in [-0.4, -0.2) is 55.2 Å². The minimum absolute atomic E-state index is 0.143. The molecule has 8 heteroatoms. The Bertz CT molecular complexity index is 1310. The highest BCUT2D eigenvalue weighted by molar-refractivity contribution is 5.79. The predicted octanol–water partition coefficient (Wildman–Crippen LogP) is 3.16. The highest BCUT2D eigenvalue weighted by Gasteiger charge is 2.29. The van der Waals surface area contributed by atoms with Crippen molar-refractivity contribution in [2.24, 2.45) is 0 Å². The van der Waals surface area contributed by atoms with E-state index in [-0.39, 0.29) is 11.8 Å². The molecular weight excluding hydrogens is 416 g/mol. The number of amides is 1. The smallest absolute Gasteiger partial charge is 0.227 e. The first kappa shape index (κ1) is 21.2. The summed E-state index contributed by atoms with van der Waals surface area (Å²) in [5, 5.41) is 4.83. The minimum Gasteiger partial charge on any atom is -0.497 e. The zero-order valence-electron chi connectivity index (χ0n) is 19.2. The molecule has 1 aliphatic rings. The summed E-state index contributed by atoms with van der Waals surface area (Å²) in [4.78, 5) is 23.9. The molecule has 1 amide bonds. The Kier molecular flexibility index (Phi) is 5.58. The van der Waals surface area contributed by atoms with Gasteiger partial charge in [0.25, 0.3) is 0 Å². The van der Waals surface area contributed by atoms with Crippen LogP contribution in [0.4, 0.5) is 0 Å². The van der Waals surface area contributed by atoms with Crippen molar-refractivity contribution in [3.63, 3.8) is 0 Å². The maximum absolute atomic E-state index is 13.0. The third-order valence-electron chi connectivity index (χ3n) is 6.54. The molecule has 0 saturated carbocycles. The number of methoxy groups -OCH3 is 1. The summed E-state index contributed by atoms with van der Waals surface area (Å²) in [6.45, 7) is 6.15. The van der Waals surface area contributed by atoms with E-state index < -0.39 is 0 Å². The van der Waals surface area contributed by atoms with Crippen LogP contribution in [0.5, 0.6) is 5.75 Å². The van der Waals surface area contributed by atoms with Crippen LogP contribution in [0.2, 0.25) is 0 Å². The van der Waals surface area contributed by atoms with Crippen molar-refractivity contribution in [2.75, 3.05) is 20.2 Å². The van der Waals surface area contributed by atoms with Crippen LogP contribution in [0, 0.1) is 13.8 Å². The number of aryl methyl sites for hydroxylation is 2. The lowest BCUT2D eigenvalue weighted by molar-refractivity contribution is -0.129. The van der Waals surface area contributed by atoms with E-state index in [9.17, 15) is 4.79 Å². The maximum atomic E-state index is 13.0. The standard InChI is InChI=1S/C25H28N6O2/c1-17-22(16-29-12-10-26-18(29)2)25-27-9-7-23(31(25)28-17)20-8-11-30(15-20)24(32)14-19-5-4-6-21(13-19)33-3/h4-7,9-10,12-13,20H,8,11,14-16H2,1-3H3/t20-/m1/s1. The van der Waals surface area contributed by atoms with E-state index in [0.717, 1.165) is 52.7 Å². The minimum atomic E-state index is 0.143. The third kappa shape index (κ3) is 4.08. The highest BCUT2D eigenvalue weighted by atomic mass is 16.5. The van der Waals surface area contributed by atoms with E-state index >= 15 is 0 Å². The zero-order chi connectivity index (χ0) is 22.9. The number of carbonyl (C=O) groups excluding carboxylic acids is 1. The molecule has 3 aromatic heterocycles. The molecule has 0 spiro atoms. The Morgan fingerprint density at radius 2 is 2.06 bits per heavy atom. The van der Waals surface area contributed by atoms with Crippen LogP contribution >= 0.6 is 0 Å². The molecule has 33 heavy (non-hydrogen) atoms. The van der Waals surface area contributed by atoms with Crippen LogP contribution in [-0.2, 0) is 17.8 Å². The van der Waals surface area contributed by atoms with Crippen LogP contribution in [0.3, 0.4) is 0 Å². The third-order valence-corrected chi connectivity index (χ3v) is 6.54. The maximum Gasteiger partial charge on any atom is 0.227 e. The summed E-state index contributed by atoms with van der Waals surface area (Å²) < 4.78 is 9.36. The number of imidazole rings is 1. The molecule has 0 radical (unpaired) electrons. The van der Waals surface area contributed by atoms with Gasteiger partial charge in [-0.3, -0.25) is 4.79 Å². The fourth-order valence-corrected chi connectivity index (χ4v) is 4.65. The van der Waals surface area contributed by atoms with Crippen LogP contribution in [0.25, 0.3) is 5.65 Å². The average Bonchev–Trinajstić information content (AvgIpc) is 3.54. The van der Waals surface area contributed by atoms with Crippen molar-refractivity contribution in [2.45, 2.75) is 39.2 Å². The van der Waals surface area contributed by atoms with E-state index in [2.05, 4.69) is 14.5 Å². The van der Waals surface area contributed by atoms with Gasteiger partial charge in [-0.2, -0.15) is 5.10 Å². The number of likely N-dealkylation sites (tertiary alicyclic amines) is 1. The Balaban J connectivity index is 1.35. The van der Waals surface area contributed by atoms with E-state index in [1.807, 2.05) is 72.2 Å². The Morgan fingerprint density at radius 3 is 2.85 bits per heavy atom. The van der Waals surface area contributed by atoms with Gasteiger partial charge in [-0.05, 0) is 44.0 Å². The number of nitrogens with zero attached hydrogens (tertiary/aromatic N) is 6. The summed E-state index contributed by atoms with van der Waals surface area (Å²) in [7, 11) is 1.64. The molecular formula is C25H28N6O2. The Hall–Kier alpha value is -3.68. The normalized spacial score (nSPS) is 16.0. The number of benzene rings is 1. The number of carbonyl (C=O) groups is 1. The van der Waals surface area contributed by atoms with Gasteiger partial charge >= 0.3 is 0 Å². The molecule has 0 unspecified atom stereocenters. The molecule has 4 aromatic rings. The molecule has 1 saturated heterocycles. The second kappa shape index (κ2) is 8.69. The average molecular weight is 445 g/mol. The molecule has 1 aliphatic heterocycles. The molecule has 1 atom stereocenters. The first-order valence-corrected chi connectivity index (χ1v) is 11.2. The molecule has 0 N–H and O–H groups in total. The zero-order valence-corrected chi connectivity index (χ0v) is 19.2. The van der Waals surface area contributed by atoms with Gasteiger partial charge in [0.05, 0.1) is 31.5 Å². The fraction of sp³-hybridized carbons (Fsp3) is 0.360. The topological polar surface area (TPSA) is 77.5 Å². The first-order chi connectivity index (χ1) is 16.0. The van der Waals surface area contributed by atoms with Gasteiger partial charge in [0.1, 0.15) is 11.6 Å². The number of rotatable bonds is 6. The van der Waals surface area contributed by atoms with Gasteiger partial charge in [-0.1, -0.05) is 12.1 Å². The number of ether oxygens (including phenoxy) is 1. The number of aromatic nitrogens is 5. The van der Waals surface area contributed by atoms with Crippen molar-refractivity contribution < 1.29 is 9.53 Å². The Morgan fingerprint density at radius 1 is 1.18 bits per heavy atom. The molecule has 4 heterocycles. The lowest BCUT2D eigenvalue weighted by Gasteiger charge is -2.17. The molecule has 8 nitrogen and oxygen atoms in total. The summed E-state index contributed by atoms with van der Waals surface area (Å²) in [6, 6.07) is 9.74.